The molecule has 146 valence electrons. The molecule has 6 nitrogen and oxygen atoms in total. The standard InChI is InChI=1S/C18H27FN4O2.HI/c1-3-17(24)23-10-8-15(13-23)22-18(20-4-2)21-9-11-25-16-7-5-6-14(19)12-16;/h5-7,12,15H,3-4,8-11,13H2,1-2H3,(H2,20,21,22);1H. The first kappa shape index (κ1) is 22.5. The molecule has 0 aromatic heterocycles. The number of hydrogen-bond donors (Lipinski definition) is 2. The van der Waals surface area contributed by atoms with E-state index in [2.05, 4.69) is 15.6 Å². The highest BCUT2D eigenvalue weighted by atomic mass is 127. The van der Waals surface area contributed by atoms with E-state index in [-0.39, 0.29) is 41.7 Å². The van der Waals surface area contributed by atoms with Gasteiger partial charge in [0.2, 0.25) is 5.91 Å². The molecule has 0 aliphatic carbocycles. The average molecular weight is 478 g/mol. The van der Waals surface area contributed by atoms with Crippen molar-refractivity contribution in [3.8, 4) is 5.75 Å². The zero-order valence-electron chi connectivity index (χ0n) is 15.3. The van der Waals surface area contributed by atoms with E-state index in [1.54, 1.807) is 12.1 Å². The van der Waals surface area contributed by atoms with Crippen molar-refractivity contribution in [3.05, 3.63) is 30.1 Å². The Morgan fingerprint density at radius 1 is 1.42 bits per heavy atom. The summed E-state index contributed by atoms with van der Waals surface area (Å²) in [5.74, 6) is 1.08. The fourth-order valence-corrected chi connectivity index (χ4v) is 2.72. The molecule has 1 amide bonds. The van der Waals surface area contributed by atoms with Gasteiger partial charge in [0, 0.05) is 38.2 Å². The number of hydrogen-bond acceptors (Lipinski definition) is 3. The van der Waals surface area contributed by atoms with Gasteiger partial charge in [-0.1, -0.05) is 13.0 Å². The van der Waals surface area contributed by atoms with Crippen molar-refractivity contribution in [2.45, 2.75) is 32.7 Å². The van der Waals surface area contributed by atoms with Crippen LogP contribution < -0.4 is 15.4 Å². The molecular weight excluding hydrogens is 450 g/mol. The Labute approximate surface area is 171 Å². The summed E-state index contributed by atoms with van der Waals surface area (Å²) in [7, 11) is 0. The fourth-order valence-electron chi connectivity index (χ4n) is 2.72. The minimum absolute atomic E-state index is 0. The molecule has 2 N–H and O–H groups in total. The molecule has 0 bridgehead atoms. The van der Waals surface area contributed by atoms with Crippen LogP contribution in [0.25, 0.3) is 0 Å². The molecule has 1 aromatic rings. The number of amides is 1. The number of ether oxygens (including phenoxy) is 1. The lowest BCUT2D eigenvalue weighted by Gasteiger charge is -2.18. The van der Waals surface area contributed by atoms with Crippen LogP contribution >= 0.6 is 24.0 Å². The Morgan fingerprint density at radius 3 is 2.92 bits per heavy atom. The maximum atomic E-state index is 13.1. The largest absolute Gasteiger partial charge is 0.492 e. The summed E-state index contributed by atoms with van der Waals surface area (Å²) in [6.07, 6.45) is 1.45. The maximum absolute atomic E-state index is 13.1. The minimum atomic E-state index is -0.316. The Hall–Kier alpha value is -1.58. The summed E-state index contributed by atoms with van der Waals surface area (Å²) in [5.41, 5.74) is 0. The number of carbonyl (C=O) groups excluding carboxylic acids is 1. The number of carbonyl (C=O) groups is 1. The third-order valence-electron chi connectivity index (χ3n) is 3.95. The number of nitrogens with zero attached hydrogens (tertiary/aromatic N) is 2. The Morgan fingerprint density at radius 2 is 2.23 bits per heavy atom. The van der Waals surface area contributed by atoms with Crippen molar-refractivity contribution in [1.29, 1.82) is 0 Å². The van der Waals surface area contributed by atoms with Crippen molar-refractivity contribution < 1.29 is 13.9 Å². The van der Waals surface area contributed by atoms with E-state index in [1.165, 1.54) is 12.1 Å². The maximum Gasteiger partial charge on any atom is 0.222 e. The predicted molar refractivity (Wildman–Crippen MR) is 112 cm³/mol. The first-order valence-electron chi connectivity index (χ1n) is 8.83. The third-order valence-corrected chi connectivity index (χ3v) is 3.95. The molecule has 1 unspecified atom stereocenters. The Kier molecular flexibility index (Phi) is 10.3. The molecule has 26 heavy (non-hydrogen) atoms. The Bertz CT molecular complexity index is 600. The highest BCUT2D eigenvalue weighted by Crippen LogP contribution is 2.12. The minimum Gasteiger partial charge on any atom is -0.492 e. The second-order valence-electron chi connectivity index (χ2n) is 5.89. The summed E-state index contributed by atoms with van der Waals surface area (Å²) in [6.45, 7) is 6.95. The van der Waals surface area contributed by atoms with E-state index >= 15 is 0 Å². The second-order valence-corrected chi connectivity index (χ2v) is 5.89. The van der Waals surface area contributed by atoms with E-state index in [0.717, 1.165) is 19.5 Å². The molecule has 1 aliphatic heterocycles. The van der Waals surface area contributed by atoms with Crippen LogP contribution in [-0.4, -0.2) is 55.6 Å². The van der Waals surface area contributed by atoms with Crippen molar-refractivity contribution in [3.63, 3.8) is 0 Å². The van der Waals surface area contributed by atoms with Crippen LogP contribution in [0, 0.1) is 5.82 Å². The number of likely N-dealkylation sites (tertiary alicyclic amines) is 1. The first-order chi connectivity index (χ1) is 12.1. The topological polar surface area (TPSA) is 66.0 Å². The zero-order valence-corrected chi connectivity index (χ0v) is 17.7. The molecule has 1 aromatic carbocycles. The number of nitrogens with one attached hydrogen (secondary N) is 2. The van der Waals surface area contributed by atoms with Crippen LogP contribution in [0.15, 0.2) is 29.3 Å². The van der Waals surface area contributed by atoms with Gasteiger partial charge >= 0.3 is 0 Å². The molecule has 1 aliphatic rings. The number of guanidine groups is 1. The van der Waals surface area contributed by atoms with Gasteiger partial charge < -0.3 is 20.3 Å². The lowest BCUT2D eigenvalue weighted by molar-refractivity contribution is -0.129. The van der Waals surface area contributed by atoms with Crippen LogP contribution in [0.1, 0.15) is 26.7 Å². The monoisotopic (exact) mass is 478 g/mol. The van der Waals surface area contributed by atoms with Crippen molar-refractivity contribution >= 4 is 35.8 Å². The van der Waals surface area contributed by atoms with Crippen LogP contribution in [0.3, 0.4) is 0 Å². The average Bonchev–Trinajstić information content (AvgIpc) is 3.07. The highest BCUT2D eigenvalue weighted by Gasteiger charge is 2.25. The van der Waals surface area contributed by atoms with Crippen LogP contribution in [0.4, 0.5) is 4.39 Å². The smallest absolute Gasteiger partial charge is 0.222 e. The molecule has 1 fully saturated rings. The molecule has 8 heteroatoms. The molecule has 1 saturated heterocycles. The lowest BCUT2D eigenvalue weighted by Crippen LogP contribution is -2.45. The predicted octanol–water partition coefficient (Wildman–Crippen LogP) is 2.39. The second kappa shape index (κ2) is 11.9. The number of rotatable bonds is 7. The molecule has 0 spiro atoms. The molecular formula is C18H28FIN4O2. The summed E-state index contributed by atoms with van der Waals surface area (Å²) in [5, 5.41) is 6.56. The zero-order chi connectivity index (χ0) is 18.1. The normalized spacial score (nSPS) is 16.8. The number of aliphatic imine (C=N–C) groups is 1. The summed E-state index contributed by atoms with van der Waals surface area (Å²) in [4.78, 5) is 18.1. The van der Waals surface area contributed by atoms with E-state index in [0.29, 0.717) is 37.8 Å². The molecule has 0 saturated carbocycles. The van der Waals surface area contributed by atoms with Gasteiger partial charge in [-0.15, -0.1) is 24.0 Å². The van der Waals surface area contributed by atoms with E-state index in [4.69, 9.17) is 4.74 Å². The van der Waals surface area contributed by atoms with Gasteiger partial charge in [0.25, 0.3) is 0 Å². The SMILES string of the molecule is CCNC(=NCCOc1cccc(F)c1)NC1CCN(C(=O)CC)C1.I. The highest BCUT2D eigenvalue weighted by molar-refractivity contribution is 14.0. The van der Waals surface area contributed by atoms with Crippen molar-refractivity contribution in [1.82, 2.24) is 15.5 Å². The van der Waals surface area contributed by atoms with Gasteiger partial charge in [0.1, 0.15) is 18.2 Å². The van der Waals surface area contributed by atoms with Crippen molar-refractivity contribution in [2.24, 2.45) is 4.99 Å². The molecule has 0 radical (unpaired) electrons. The third kappa shape index (κ3) is 7.35. The number of benzene rings is 1. The van der Waals surface area contributed by atoms with Crippen LogP contribution in [0.2, 0.25) is 0 Å². The van der Waals surface area contributed by atoms with Gasteiger partial charge in [0.05, 0.1) is 6.54 Å². The summed E-state index contributed by atoms with van der Waals surface area (Å²) < 4.78 is 18.6. The first-order valence-corrected chi connectivity index (χ1v) is 8.83. The Balaban J connectivity index is 0.00000338. The van der Waals surface area contributed by atoms with Gasteiger partial charge in [-0.3, -0.25) is 4.79 Å². The van der Waals surface area contributed by atoms with Crippen LogP contribution in [-0.2, 0) is 4.79 Å². The molecule has 1 atom stereocenters. The van der Waals surface area contributed by atoms with E-state index in [9.17, 15) is 9.18 Å². The van der Waals surface area contributed by atoms with Gasteiger partial charge in [-0.2, -0.15) is 0 Å². The molecule has 1 heterocycles. The quantitative estimate of drug-likeness (QED) is 0.274. The van der Waals surface area contributed by atoms with Crippen molar-refractivity contribution in [2.75, 3.05) is 32.8 Å². The molecule has 2 rings (SSSR count). The van der Waals surface area contributed by atoms with Crippen LogP contribution in [0.5, 0.6) is 5.75 Å². The van der Waals surface area contributed by atoms with Gasteiger partial charge in [-0.05, 0) is 25.5 Å². The van der Waals surface area contributed by atoms with E-state index < -0.39 is 0 Å². The van der Waals surface area contributed by atoms with Gasteiger partial charge in [-0.25, -0.2) is 9.38 Å². The fraction of sp³-hybridized carbons (Fsp3) is 0.556. The van der Waals surface area contributed by atoms with Gasteiger partial charge in [0.15, 0.2) is 5.96 Å². The van der Waals surface area contributed by atoms with E-state index in [1.807, 2.05) is 18.7 Å². The number of halogens is 2. The summed E-state index contributed by atoms with van der Waals surface area (Å²) >= 11 is 0. The summed E-state index contributed by atoms with van der Waals surface area (Å²) in [6, 6.07) is 6.27. The lowest BCUT2D eigenvalue weighted by atomic mass is 10.3.